The Kier molecular flexibility index (Phi) is 5.37. The first-order valence-corrected chi connectivity index (χ1v) is 8.29. The topological polar surface area (TPSA) is 28.2 Å². The van der Waals surface area contributed by atoms with E-state index < -0.39 is 0 Å². The largest absolute Gasteiger partial charge is 0.315 e. The van der Waals surface area contributed by atoms with Gasteiger partial charge in [-0.15, -0.1) is 11.3 Å². The summed E-state index contributed by atoms with van der Waals surface area (Å²) in [7, 11) is 6.62. The highest BCUT2D eigenvalue weighted by atomic mass is 32.1. The van der Waals surface area contributed by atoms with E-state index >= 15 is 0 Å². The normalized spacial score (nSPS) is 21.3. The molecule has 0 saturated heterocycles. The lowest BCUT2D eigenvalue weighted by molar-refractivity contribution is 0.0839. The fourth-order valence-corrected chi connectivity index (χ4v) is 4.19. The minimum absolute atomic E-state index is 0.301. The van der Waals surface area contributed by atoms with Gasteiger partial charge in [-0.2, -0.15) is 0 Å². The Bertz CT molecular complexity index is 353. The van der Waals surface area contributed by atoms with Crippen LogP contribution in [0.3, 0.4) is 0 Å². The van der Waals surface area contributed by atoms with Gasteiger partial charge in [0.15, 0.2) is 0 Å². The maximum Gasteiger partial charge on any atom is 0.0794 e. The van der Waals surface area contributed by atoms with Crippen LogP contribution in [0.4, 0.5) is 0 Å². The van der Waals surface area contributed by atoms with E-state index in [0.717, 1.165) is 6.42 Å². The Morgan fingerprint density at radius 2 is 2.00 bits per heavy atom. The Morgan fingerprint density at radius 3 is 2.47 bits per heavy atom. The molecule has 1 aromatic heterocycles. The summed E-state index contributed by atoms with van der Waals surface area (Å²) in [5.74, 6) is 0. The van der Waals surface area contributed by atoms with E-state index in [9.17, 15) is 0 Å². The van der Waals surface area contributed by atoms with Crippen LogP contribution in [0, 0.1) is 0 Å². The first-order valence-electron chi connectivity index (χ1n) is 7.41. The fourth-order valence-electron chi connectivity index (χ4n) is 3.55. The fraction of sp³-hybridized carbons (Fsp3) is 0.800. The van der Waals surface area contributed by atoms with Crippen molar-refractivity contribution in [1.82, 2.24) is 15.2 Å². The van der Waals surface area contributed by atoms with E-state index in [4.69, 9.17) is 0 Å². The highest BCUT2D eigenvalue weighted by Crippen LogP contribution is 2.35. The van der Waals surface area contributed by atoms with Gasteiger partial charge in [-0.05, 0) is 34.0 Å². The van der Waals surface area contributed by atoms with Gasteiger partial charge in [-0.25, -0.2) is 0 Å². The van der Waals surface area contributed by atoms with Crippen molar-refractivity contribution in [1.29, 1.82) is 0 Å². The van der Waals surface area contributed by atoms with Gasteiger partial charge in [0.25, 0.3) is 0 Å². The van der Waals surface area contributed by atoms with Gasteiger partial charge < -0.3 is 10.2 Å². The third-order valence-corrected chi connectivity index (χ3v) is 5.55. The summed E-state index contributed by atoms with van der Waals surface area (Å²) < 4.78 is 0. The minimum Gasteiger partial charge on any atom is -0.315 e. The first-order chi connectivity index (χ1) is 9.19. The van der Waals surface area contributed by atoms with Gasteiger partial charge in [0.1, 0.15) is 0 Å². The smallest absolute Gasteiger partial charge is 0.0794 e. The van der Waals surface area contributed by atoms with Gasteiger partial charge in [0.05, 0.1) is 5.51 Å². The Hall–Kier alpha value is -0.450. The number of aromatic nitrogens is 1. The van der Waals surface area contributed by atoms with Crippen LogP contribution in [-0.4, -0.2) is 42.6 Å². The summed E-state index contributed by atoms with van der Waals surface area (Å²) in [6.45, 7) is 0. The monoisotopic (exact) mass is 281 g/mol. The van der Waals surface area contributed by atoms with E-state index in [1.807, 2.05) is 11.7 Å². The Balaban J connectivity index is 2.18. The highest BCUT2D eigenvalue weighted by molar-refractivity contribution is 7.09. The summed E-state index contributed by atoms with van der Waals surface area (Å²) in [5, 5.41) is 3.60. The predicted molar refractivity (Wildman–Crippen MR) is 82.8 cm³/mol. The Morgan fingerprint density at radius 1 is 1.32 bits per heavy atom. The summed E-state index contributed by atoms with van der Waals surface area (Å²) in [6.07, 6.45) is 11.3. The molecule has 2 rings (SSSR count). The lowest BCUT2D eigenvalue weighted by atomic mass is 9.79. The quantitative estimate of drug-likeness (QED) is 0.841. The van der Waals surface area contributed by atoms with Crippen molar-refractivity contribution in [2.75, 3.05) is 21.1 Å². The number of thiazole rings is 1. The molecule has 4 heteroatoms. The molecule has 0 bridgehead atoms. The minimum atomic E-state index is 0.301. The van der Waals surface area contributed by atoms with Gasteiger partial charge in [-0.3, -0.25) is 4.98 Å². The molecule has 19 heavy (non-hydrogen) atoms. The maximum absolute atomic E-state index is 4.22. The SMILES string of the molecule is CNC(Cc1cncs1)C1(N(C)C)CCCCCC1. The number of likely N-dealkylation sites (N-methyl/N-ethyl adjacent to an activating group) is 2. The third kappa shape index (κ3) is 3.36. The molecule has 1 atom stereocenters. The van der Waals surface area contributed by atoms with Crippen LogP contribution >= 0.6 is 11.3 Å². The zero-order valence-corrected chi connectivity index (χ0v) is 13.3. The van der Waals surface area contributed by atoms with Gasteiger partial charge in [0.2, 0.25) is 0 Å². The molecule has 1 saturated carbocycles. The van der Waals surface area contributed by atoms with Crippen molar-refractivity contribution in [3.63, 3.8) is 0 Å². The number of hydrogen-bond donors (Lipinski definition) is 1. The Labute approximate surface area is 121 Å². The zero-order chi connectivity index (χ0) is 13.7. The second-order valence-corrected chi connectivity index (χ2v) is 6.90. The highest BCUT2D eigenvalue weighted by Gasteiger charge is 2.40. The number of hydrogen-bond acceptors (Lipinski definition) is 4. The third-order valence-electron chi connectivity index (χ3n) is 4.75. The molecule has 3 nitrogen and oxygen atoms in total. The second kappa shape index (κ2) is 6.82. The van der Waals surface area contributed by atoms with Gasteiger partial charge in [-0.1, -0.05) is 25.7 Å². The molecule has 0 radical (unpaired) electrons. The van der Waals surface area contributed by atoms with Crippen molar-refractivity contribution in [2.45, 2.75) is 56.5 Å². The summed E-state index contributed by atoms with van der Waals surface area (Å²) in [5.41, 5.74) is 2.24. The number of nitrogens with one attached hydrogen (secondary N) is 1. The average Bonchev–Trinajstić information content (AvgIpc) is 2.78. The van der Waals surface area contributed by atoms with E-state index in [2.05, 4.69) is 36.3 Å². The van der Waals surface area contributed by atoms with E-state index in [1.165, 1.54) is 43.4 Å². The molecule has 0 amide bonds. The molecule has 1 fully saturated rings. The van der Waals surface area contributed by atoms with Crippen LogP contribution in [0.2, 0.25) is 0 Å². The van der Waals surface area contributed by atoms with Crippen molar-refractivity contribution in [3.8, 4) is 0 Å². The van der Waals surface area contributed by atoms with Crippen LogP contribution < -0.4 is 5.32 Å². The van der Waals surface area contributed by atoms with Crippen molar-refractivity contribution < 1.29 is 0 Å². The predicted octanol–water partition coefficient (Wildman–Crippen LogP) is 2.93. The molecule has 1 N–H and O–H groups in total. The van der Waals surface area contributed by atoms with E-state index in [-0.39, 0.29) is 0 Å². The number of rotatable bonds is 5. The second-order valence-electron chi connectivity index (χ2n) is 5.93. The average molecular weight is 281 g/mol. The van der Waals surface area contributed by atoms with Gasteiger partial charge in [0, 0.05) is 29.1 Å². The molecular weight excluding hydrogens is 254 g/mol. The molecular formula is C15H27N3S. The van der Waals surface area contributed by atoms with Crippen molar-refractivity contribution >= 4 is 11.3 Å². The maximum atomic E-state index is 4.22. The van der Waals surface area contributed by atoms with Crippen molar-refractivity contribution in [3.05, 3.63) is 16.6 Å². The summed E-state index contributed by atoms with van der Waals surface area (Å²) in [6, 6.07) is 0.515. The lowest BCUT2D eigenvalue weighted by Crippen LogP contribution is -2.59. The van der Waals surface area contributed by atoms with Crippen LogP contribution in [0.5, 0.6) is 0 Å². The standard InChI is InChI=1S/C15H27N3S/c1-16-14(10-13-11-17-12-19-13)15(18(2)3)8-6-4-5-7-9-15/h11-12,14,16H,4-10H2,1-3H3. The molecule has 1 heterocycles. The van der Waals surface area contributed by atoms with Crippen LogP contribution in [0.1, 0.15) is 43.4 Å². The summed E-state index contributed by atoms with van der Waals surface area (Å²) in [4.78, 5) is 8.08. The lowest BCUT2D eigenvalue weighted by Gasteiger charge is -2.46. The molecule has 0 aliphatic heterocycles. The van der Waals surface area contributed by atoms with Crippen LogP contribution in [0.25, 0.3) is 0 Å². The van der Waals surface area contributed by atoms with Crippen LogP contribution in [-0.2, 0) is 6.42 Å². The van der Waals surface area contributed by atoms with Crippen molar-refractivity contribution in [2.24, 2.45) is 0 Å². The zero-order valence-electron chi connectivity index (χ0n) is 12.5. The first kappa shape index (κ1) is 14.9. The number of nitrogens with zero attached hydrogens (tertiary/aromatic N) is 2. The molecule has 1 aromatic rings. The molecule has 0 aromatic carbocycles. The molecule has 0 spiro atoms. The van der Waals surface area contributed by atoms with E-state index in [0.29, 0.717) is 11.6 Å². The van der Waals surface area contributed by atoms with Gasteiger partial charge >= 0.3 is 0 Å². The molecule has 1 aliphatic carbocycles. The molecule has 1 aliphatic rings. The van der Waals surface area contributed by atoms with Crippen LogP contribution in [0.15, 0.2) is 11.7 Å². The molecule has 1 unspecified atom stereocenters. The summed E-state index contributed by atoms with van der Waals surface area (Å²) >= 11 is 1.78. The van der Waals surface area contributed by atoms with E-state index in [1.54, 1.807) is 11.3 Å². The molecule has 108 valence electrons.